The molecule has 1 N–H and O–H groups in total. The topological polar surface area (TPSA) is 81.5 Å². The molecule has 4 atom stereocenters. The Labute approximate surface area is 163 Å². The van der Waals surface area contributed by atoms with Crippen LogP contribution in [-0.2, 0) is 4.79 Å². The van der Waals surface area contributed by atoms with E-state index in [1.165, 1.54) is 11.1 Å². The van der Waals surface area contributed by atoms with Gasteiger partial charge in [0.15, 0.2) is 5.58 Å². The van der Waals surface area contributed by atoms with Crippen LogP contribution in [0.3, 0.4) is 0 Å². The summed E-state index contributed by atoms with van der Waals surface area (Å²) in [5.41, 5.74) is 1.66. The summed E-state index contributed by atoms with van der Waals surface area (Å²) in [6.45, 7) is 8.19. The smallest absolute Gasteiger partial charge is 0.291 e. The Hall–Kier alpha value is -2.57. The number of carbonyl (C=O) groups is 1. The van der Waals surface area contributed by atoms with Crippen molar-refractivity contribution in [3.8, 4) is 0 Å². The quantitative estimate of drug-likeness (QED) is 0.747. The molecule has 3 aromatic rings. The van der Waals surface area contributed by atoms with Crippen molar-refractivity contribution in [1.29, 1.82) is 0 Å². The number of hydrogen-bond donors (Lipinski definition) is 1. The Balaban J connectivity index is 1.69. The fourth-order valence-corrected chi connectivity index (χ4v) is 4.54. The molecule has 0 aromatic carbocycles. The van der Waals surface area contributed by atoms with Gasteiger partial charge in [-0.15, -0.1) is 0 Å². The number of furan rings is 1. The molecule has 0 aliphatic heterocycles. The number of aromatic nitrogens is 3. The number of nitrogens with one attached hydrogen (secondary N) is 1. The van der Waals surface area contributed by atoms with Crippen LogP contribution in [0, 0.1) is 18.8 Å². The standard InChI is InChI=1S/C21H28N4O3/c1-5-16(20(26)22-15-8-6-7-12(2)13(15)3)25-21(27)18-11-19-17(9-10-28-19)24(18)14(4)23-25/h9-13,15-16H,5-8H2,1-4H3,(H,22,26)/t12-,13+,15+,16+/m0/s1. The average molecular weight is 384 g/mol. The summed E-state index contributed by atoms with van der Waals surface area (Å²) in [5, 5.41) is 7.69. The van der Waals surface area contributed by atoms with Gasteiger partial charge in [0.05, 0.1) is 11.8 Å². The van der Waals surface area contributed by atoms with Crippen molar-refractivity contribution in [3.05, 3.63) is 34.6 Å². The van der Waals surface area contributed by atoms with Gasteiger partial charge in [-0.25, -0.2) is 4.68 Å². The summed E-state index contributed by atoms with van der Waals surface area (Å²) in [4.78, 5) is 26.2. The summed E-state index contributed by atoms with van der Waals surface area (Å²) in [6, 6.07) is 3.07. The monoisotopic (exact) mass is 384 g/mol. The highest BCUT2D eigenvalue weighted by molar-refractivity contribution is 5.83. The normalized spacial score (nSPS) is 23.9. The van der Waals surface area contributed by atoms with E-state index >= 15 is 0 Å². The van der Waals surface area contributed by atoms with Crippen molar-refractivity contribution in [2.24, 2.45) is 11.8 Å². The zero-order valence-corrected chi connectivity index (χ0v) is 16.9. The predicted molar refractivity (Wildman–Crippen MR) is 107 cm³/mol. The van der Waals surface area contributed by atoms with E-state index in [2.05, 4.69) is 24.3 Å². The first-order chi connectivity index (χ1) is 13.4. The van der Waals surface area contributed by atoms with Crippen LogP contribution in [0.2, 0.25) is 0 Å². The number of amides is 1. The second-order valence-corrected chi connectivity index (χ2v) is 8.14. The summed E-state index contributed by atoms with van der Waals surface area (Å²) in [6.07, 6.45) is 5.42. The van der Waals surface area contributed by atoms with Gasteiger partial charge in [-0.2, -0.15) is 5.10 Å². The zero-order valence-electron chi connectivity index (χ0n) is 16.9. The molecule has 7 heteroatoms. The molecular weight excluding hydrogens is 356 g/mol. The molecule has 1 aliphatic carbocycles. The van der Waals surface area contributed by atoms with E-state index in [-0.39, 0.29) is 17.5 Å². The molecule has 150 valence electrons. The molecule has 7 nitrogen and oxygen atoms in total. The molecule has 1 aliphatic rings. The van der Waals surface area contributed by atoms with Crippen molar-refractivity contribution in [2.75, 3.05) is 0 Å². The maximum Gasteiger partial charge on any atom is 0.291 e. The second kappa shape index (κ2) is 7.11. The number of carbonyl (C=O) groups excluding carboxylic acids is 1. The predicted octanol–water partition coefficient (Wildman–Crippen LogP) is 3.44. The molecule has 0 unspecified atom stereocenters. The Kier molecular flexibility index (Phi) is 4.77. The maximum atomic E-state index is 13.1. The Morgan fingerprint density at radius 1 is 1.36 bits per heavy atom. The molecule has 28 heavy (non-hydrogen) atoms. The third-order valence-electron chi connectivity index (χ3n) is 6.45. The molecule has 1 amide bonds. The minimum Gasteiger partial charge on any atom is -0.463 e. The van der Waals surface area contributed by atoms with E-state index in [1.807, 2.05) is 19.9 Å². The minimum absolute atomic E-state index is 0.123. The number of rotatable bonds is 4. The lowest BCUT2D eigenvalue weighted by Gasteiger charge is -2.35. The van der Waals surface area contributed by atoms with E-state index < -0.39 is 6.04 Å². The van der Waals surface area contributed by atoms with Gasteiger partial charge in [-0.3, -0.25) is 14.0 Å². The van der Waals surface area contributed by atoms with E-state index in [0.717, 1.165) is 18.4 Å². The van der Waals surface area contributed by atoms with Crippen LogP contribution in [0.15, 0.2) is 27.6 Å². The molecule has 0 spiro atoms. The molecule has 4 rings (SSSR count). The Bertz CT molecular complexity index is 1080. The van der Waals surface area contributed by atoms with Gasteiger partial charge in [0.2, 0.25) is 5.91 Å². The van der Waals surface area contributed by atoms with Gasteiger partial charge in [0.25, 0.3) is 5.56 Å². The third-order valence-corrected chi connectivity index (χ3v) is 6.45. The molecule has 1 saturated carbocycles. The fourth-order valence-electron chi connectivity index (χ4n) is 4.54. The minimum atomic E-state index is -0.623. The van der Waals surface area contributed by atoms with Crippen molar-refractivity contribution in [2.45, 2.75) is 65.5 Å². The molecular formula is C21H28N4O3. The third kappa shape index (κ3) is 2.93. The summed E-state index contributed by atoms with van der Waals surface area (Å²) in [5.74, 6) is 1.55. The first-order valence-corrected chi connectivity index (χ1v) is 10.2. The SMILES string of the molecule is CC[C@H](C(=O)N[C@@H]1CCC[C@H](C)[C@H]1C)n1nc(C)n2c(cc3occc32)c1=O. The molecule has 3 aromatic heterocycles. The van der Waals surface area contributed by atoms with Gasteiger partial charge < -0.3 is 9.73 Å². The summed E-state index contributed by atoms with van der Waals surface area (Å²) >= 11 is 0. The van der Waals surface area contributed by atoms with Crippen LogP contribution in [0.1, 0.15) is 58.3 Å². The van der Waals surface area contributed by atoms with E-state index in [0.29, 0.717) is 35.2 Å². The van der Waals surface area contributed by atoms with Crippen molar-refractivity contribution in [1.82, 2.24) is 19.5 Å². The van der Waals surface area contributed by atoms with Crippen molar-refractivity contribution in [3.63, 3.8) is 0 Å². The van der Waals surface area contributed by atoms with Gasteiger partial charge in [0.1, 0.15) is 17.4 Å². The summed E-state index contributed by atoms with van der Waals surface area (Å²) in [7, 11) is 0. The highest BCUT2D eigenvalue weighted by Gasteiger charge is 2.31. The first-order valence-electron chi connectivity index (χ1n) is 10.2. The van der Waals surface area contributed by atoms with Gasteiger partial charge in [-0.05, 0) is 31.6 Å². The lowest BCUT2D eigenvalue weighted by Crippen LogP contribution is -2.48. The number of hydrogen-bond acceptors (Lipinski definition) is 4. The molecule has 0 radical (unpaired) electrons. The summed E-state index contributed by atoms with van der Waals surface area (Å²) < 4.78 is 8.56. The van der Waals surface area contributed by atoms with Crippen LogP contribution >= 0.6 is 0 Å². The lowest BCUT2D eigenvalue weighted by molar-refractivity contribution is -0.126. The van der Waals surface area contributed by atoms with Crippen molar-refractivity contribution >= 4 is 22.5 Å². The molecule has 0 bridgehead atoms. The van der Waals surface area contributed by atoms with Crippen LogP contribution in [-0.4, -0.2) is 26.1 Å². The largest absolute Gasteiger partial charge is 0.463 e. The molecule has 3 heterocycles. The Morgan fingerprint density at radius 2 is 2.14 bits per heavy atom. The highest BCUT2D eigenvalue weighted by Crippen LogP contribution is 2.30. The first kappa shape index (κ1) is 18.8. The van der Waals surface area contributed by atoms with Gasteiger partial charge >= 0.3 is 0 Å². The fraction of sp³-hybridized carbons (Fsp3) is 0.571. The van der Waals surface area contributed by atoms with Crippen LogP contribution in [0.25, 0.3) is 16.6 Å². The number of fused-ring (bicyclic) bond motifs is 3. The van der Waals surface area contributed by atoms with Crippen LogP contribution < -0.4 is 10.9 Å². The van der Waals surface area contributed by atoms with Crippen LogP contribution in [0.5, 0.6) is 0 Å². The lowest BCUT2D eigenvalue weighted by atomic mass is 9.78. The number of aryl methyl sites for hydroxylation is 1. The van der Waals surface area contributed by atoms with Crippen LogP contribution in [0.4, 0.5) is 0 Å². The number of nitrogens with zero attached hydrogens (tertiary/aromatic N) is 3. The molecule has 1 fully saturated rings. The van der Waals surface area contributed by atoms with E-state index in [1.54, 1.807) is 16.7 Å². The Morgan fingerprint density at radius 3 is 2.89 bits per heavy atom. The van der Waals surface area contributed by atoms with Crippen molar-refractivity contribution < 1.29 is 9.21 Å². The average Bonchev–Trinajstić information content (AvgIpc) is 3.25. The maximum absolute atomic E-state index is 13.1. The van der Waals surface area contributed by atoms with E-state index in [4.69, 9.17) is 4.42 Å². The van der Waals surface area contributed by atoms with Gasteiger partial charge in [-0.1, -0.05) is 33.6 Å². The zero-order chi connectivity index (χ0) is 20.0. The molecule has 0 saturated heterocycles. The van der Waals surface area contributed by atoms with Gasteiger partial charge in [0, 0.05) is 18.2 Å². The highest BCUT2D eigenvalue weighted by atomic mass is 16.3. The second-order valence-electron chi connectivity index (χ2n) is 8.14. The van der Waals surface area contributed by atoms with E-state index in [9.17, 15) is 9.59 Å².